The van der Waals surface area contributed by atoms with Crippen molar-refractivity contribution in [2.75, 3.05) is 13.1 Å². The molecule has 2 rings (SSSR count). The van der Waals surface area contributed by atoms with Gasteiger partial charge >= 0.3 is 6.18 Å². The maximum Gasteiger partial charge on any atom is 0.421 e. The molecule has 0 atom stereocenters. The van der Waals surface area contributed by atoms with Gasteiger partial charge in [-0.25, -0.2) is 0 Å². The lowest BCUT2D eigenvalue weighted by molar-refractivity contribution is -0.139. The molecule has 1 aliphatic rings. The fourth-order valence-corrected chi connectivity index (χ4v) is 2.27. The summed E-state index contributed by atoms with van der Waals surface area (Å²) in [5.41, 5.74) is -2.42. The summed E-state index contributed by atoms with van der Waals surface area (Å²) in [7, 11) is 0. The normalized spacial score (nSPS) is 16.2. The van der Waals surface area contributed by atoms with Crippen molar-refractivity contribution in [3.05, 3.63) is 34.2 Å². The number of carbonyl (C=O) groups excluding carboxylic acids is 1. The summed E-state index contributed by atoms with van der Waals surface area (Å²) < 4.78 is 38.7. The summed E-state index contributed by atoms with van der Waals surface area (Å²) in [4.78, 5) is 25.3. The van der Waals surface area contributed by atoms with E-state index in [-0.39, 0.29) is 12.5 Å². The summed E-state index contributed by atoms with van der Waals surface area (Å²) in [5.74, 6) is -0.314. The largest absolute Gasteiger partial charge is 0.421 e. The predicted octanol–water partition coefficient (Wildman–Crippen LogP) is 1.88. The predicted molar refractivity (Wildman–Crippen MR) is 66.1 cm³/mol. The number of piperidine rings is 1. The van der Waals surface area contributed by atoms with Crippen molar-refractivity contribution in [2.45, 2.75) is 32.0 Å². The molecule has 1 amide bonds. The molecule has 0 N–H and O–H groups in total. The molecule has 0 unspecified atom stereocenters. The lowest BCUT2D eigenvalue weighted by Crippen LogP contribution is -2.40. The molecule has 110 valence electrons. The van der Waals surface area contributed by atoms with Crippen molar-refractivity contribution in [2.24, 2.45) is 0 Å². The van der Waals surface area contributed by atoms with Crippen LogP contribution >= 0.6 is 0 Å². The van der Waals surface area contributed by atoms with Crippen molar-refractivity contribution in [3.8, 4) is 0 Å². The second-order valence-electron chi connectivity index (χ2n) is 4.79. The molecule has 0 aromatic carbocycles. The Kier molecular flexibility index (Phi) is 4.15. The van der Waals surface area contributed by atoms with Gasteiger partial charge < -0.3 is 9.47 Å². The van der Waals surface area contributed by atoms with Gasteiger partial charge in [0.05, 0.1) is 0 Å². The van der Waals surface area contributed by atoms with E-state index in [1.807, 2.05) is 0 Å². The van der Waals surface area contributed by atoms with Gasteiger partial charge in [-0.2, -0.15) is 13.2 Å². The van der Waals surface area contributed by atoms with Crippen LogP contribution in [0.25, 0.3) is 0 Å². The highest BCUT2D eigenvalue weighted by Crippen LogP contribution is 2.25. The molecule has 7 heteroatoms. The van der Waals surface area contributed by atoms with E-state index < -0.39 is 17.3 Å². The minimum atomic E-state index is -4.70. The van der Waals surface area contributed by atoms with E-state index in [1.165, 1.54) is 6.20 Å². The number of nitrogens with zero attached hydrogens (tertiary/aromatic N) is 2. The van der Waals surface area contributed by atoms with Crippen molar-refractivity contribution in [1.82, 2.24) is 9.47 Å². The van der Waals surface area contributed by atoms with Gasteiger partial charge in [0.2, 0.25) is 5.91 Å². The van der Waals surface area contributed by atoms with E-state index in [1.54, 1.807) is 4.90 Å². The summed E-state index contributed by atoms with van der Waals surface area (Å²) in [5, 5.41) is 0. The third-order valence-electron chi connectivity index (χ3n) is 3.34. The molecule has 1 fully saturated rings. The van der Waals surface area contributed by atoms with Crippen LogP contribution in [0.5, 0.6) is 0 Å². The van der Waals surface area contributed by atoms with Crippen LogP contribution in [-0.4, -0.2) is 28.5 Å². The molecule has 1 aliphatic heterocycles. The Labute approximate surface area is 113 Å². The number of amides is 1. The Balaban J connectivity index is 2.17. The molecule has 1 saturated heterocycles. The summed E-state index contributed by atoms with van der Waals surface area (Å²) in [6.45, 7) is 0.863. The second kappa shape index (κ2) is 5.68. The number of halogens is 3. The van der Waals surface area contributed by atoms with Gasteiger partial charge in [0.1, 0.15) is 12.1 Å². The van der Waals surface area contributed by atoms with Crippen molar-refractivity contribution in [3.63, 3.8) is 0 Å². The average molecular weight is 288 g/mol. The second-order valence-corrected chi connectivity index (χ2v) is 4.79. The number of hydrogen-bond donors (Lipinski definition) is 0. The molecular formula is C13H15F3N2O2. The van der Waals surface area contributed by atoms with E-state index in [4.69, 9.17) is 0 Å². The lowest BCUT2D eigenvalue weighted by atomic mass is 10.1. The number of alkyl halides is 3. The number of likely N-dealkylation sites (tertiary alicyclic amines) is 1. The highest BCUT2D eigenvalue weighted by molar-refractivity contribution is 5.76. The minimum absolute atomic E-state index is 0.314. The fourth-order valence-electron chi connectivity index (χ4n) is 2.27. The Bertz CT molecular complexity index is 545. The van der Waals surface area contributed by atoms with Crippen molar-refractivity contribution in [1.29, 1.82) is 0 Å². The van der Waals surface area contributed by atoms with Crippen LogP contribution < -0.4 is 5.56 Å². The number of carbonyl (C=O) groups is 1. The van der Waals surface area contributed by atoms with Gasteiger partial charge in [0, 0.05) is 19.3 Å². The molecule has 0 radical (unpaired) electrons. The fraction of sp³-hybridized carbons (Fsp3) is 0.538. The maximum absolute atomic E-state index is 12.6. The molecule has 20 heavy (non-hydrogen) atoms. The van der Waals surface area contributed by atoms with Crippen LogP contribution in [0.2, 0.25) is 0 Å². The Morgan fingerprint density at radius 3 is 2.45 bits per heavy atom. The highest BCUT2D eigenvalue weighted by Gasteiger charge is 2.34. The van der Waals surface area contributed by atoms with Crippen molar-refractivity contribution >= 4 is 5.91 Å². The van der Waals surface area contributed by atoms with Crippen LogP contribution in [0.3, 0.4) is 0 Å². The van der Waals surface area contributed by atoms with Crippen LogP contribution in [0.1, 0.15) is 24.8 Å². The van der Waals surface area contributed by atoms with Crippen LogP contribution in [0.4, 0.5) is 13.2 Å². The molecule has 0 saturated carbocycles. The number of pyridine rings is 1. The highest BCUT2D eigenvalue weighted by atomic mass is 19.4. The minimum Gasteiger partial charge on any atom is -0.341 e. The van der Waals surface area contributed by atoms with E-state index in [9.17, 15) is 22.8 Å². The van der Waals surface area contributed by atoms with Gasteiger partial charge in [-0.1, -0.05) is 0 Å². The van der Waals surface area contributed by atoms with Crippen LogP contribution in [-0.2, 0) is 17.5 Å². The number of hydrogen-bond acceptors (Lipinski definition) is 2. The standard InChI is InChI=1S/C13H15F3N2O2/c14-13(15,16)10-5-4-8-18(12(10)20)9-11(19)17-6-2-1-3-7-17/h4-5,8H,1-3,6-7,9H2. The first-order chi connectivity index (χ1) is 9.39. The first-order valence-electron chi connectivity index (χ1n) is 6.44. The Morgan fingerprint density at radius 2 is 1.85 bits per heavy atom. The lowest BCUT2D eigenvalue weighted by Gasteiger charge is -2.27. The summed E-state index contributed by atoms with van der Waals surface area (Å²) in [6.07, 6.45) is -0.659. The van der Waals surface area contributed by atoms with E-state index >= 15 is 0 Å². The molecular weight excluding hydrogens is 273 g/mol. The van der Waals surface area contributed by atoms with E-state index in [0.717, 1.165) is 36.0 Å². The molecule has 1 aromatic rings. The SMILES string of the molecule is O=C(Cn1cccc(C(F)(F)F)c1=O)N1CCCCC1. The smallest absolute Gasteiger partial charge is 0.341 e. The zero-order valence-electron chi connectivity index (χ0n) is 10.8. The first kappa shape index (κ1) is 14.6. The van der Waals surface area contributed by atoms with Crippen molar-refractivity contribution < 1.29 is 18.0 Å². The van der Waals surface area contributed by atoms with Gasteiger partial charge in [-0.05, 0) is 31.4 Å². The quantitative estimate of drug-likeness (QED) is 0.834. The van der Waals surface area contributed by atoms with Crippen LogP contribution in [0.15, 0.2) is 23.1 Å². The Hall–Kier alpha value is -1.79. The molecule has 4 nitrogen and oxygen atoms in total. The first-order valence-corrected chi connectivity index (χ1v) is 6.44. The molecule has 0 aliphatic carbocycles. The van der Waals surface area contributed by atoms with Crippen LogP contribution in [0, 0.1) is 0 Å². The average Bonchev–Trinajstić information content (AvgIpc) is 2.40. The number of rotatable bonds is 2. The monoisotopic (exact) mass is 288 g/mol. The topological polar surface area (TPSA) is 42.3 Å². The molecule has 2 heterocycles. The molecule has 1 aromatic heterocycles. The van der Waals surface area contributed by atoms with E-state index in [0.29, 0.717) is 13.1 Å². The van der Waals surface area contributed by atoms with E-state index in [2.05, 4.69) is 0 Å². The van der Waals surface area contributed by atoms with Gasteiger partial charge in [-0.3, -0.25) is 9.59 Å². The summed E-state index contributed by atoms with van der Waals surface area (Å²) in [6, 6.07) is 1.86. The Morgan fingerprint density at radius 1 is 1.20 bits per heavy atom. The third kappa shape index (κ3) is 3.20. The zero-order chi connectivity index (χ0) is 14.8. The maximum atomic E-state index is 12.6. The molecule has 0 bridgehead atoms. The van der Waals surface area contributed by atoms with Gasteiger partial charge in [-0.15, -0.1) is 0 Å². The molecule has 0 spiro atoms. The third-order valence-corrected chi connectivity index (χ3v) is 3.34. The zero-order valence-corrected chi connectivity index (χ0v) is 10.8. The van der Waals surface area contributed by atoms with Gasteiger partial charge in [0.15, 0.2) is 0 Å². The van der Waals surface area contributed by atoms with Gasteiger partial charge in [0.25, 0.3) is 5.56 Å². The number of aromatic nitrogens is 1. The summed E-state index contributed by atoms with van der Waals surface area (Å²) >= 11 is 0.